The predicted molar refractivity (Wildman–Crippen MR) is 112 cm³/mol. The molecular formula is C20H21Cl2FN2O3S. The summed E-state index contributed by atoms with van der Waals surface area (Å²) < 4.78 is 39.8. The lowest BCUT2D eigenvalue weighted by Crippen LogP contribution is -2.43. The van der Waals surface area contributed by atoms with Crippen LogP contribution in [0.2, 0.25) is 10.0 Å². The molecule has 1 heterocycles. The summed E-state index contributed by atoms with van der Waals surface area (Å²) in [7, 11) is -3.59. The van der Waals surface area contributed by atoms with E-state index < -0.39 is 10.0 Å². The van der Waals surface area contributed by atoms with E-state index in [1.54, 1.807) is 30.3 Å². The van der Waals surface area contributed by atoms with Crippen molar-refractivity contribution in [1.82, 2.24) is 9.62 Å². The third-order valence-corrected chi connectivity index (χ3v) is 7.50. The van der Waals surface area contributed by atoms with Gasteiger partial charge in [-0.1, -0.05) is 41.4 Å². The Bertz CT molecular complexity index is 955. The maximum atomic E-state index is 12.9. The van der Waals surface area contributed by atoms with Gasteiger partial charge in [-0.15, -0.1) is 0 Å². The van der Waals surface area contributed by atoms with Crippen LogP contribution in [-0.2, 0) is 27.1 Å². The summed E-state index contributed by atoms with van der Waals surface area (Å²) in [6, 6.07) is 10.8. The second-order valence-electron chi connectivity index (χ2n) is 6.97. The number of amides is 1. The fraction of sp³-hybridized carbons (Fsp3) is 0.350. The largest absolute Gasteiger partial charge is 0.352 e. The second-order valence-corrected chi connectivity index (χ2v) is 9.76. The van der Waals surface area contributed by atoms with E-state index >= 15 is 0 Å². The van der Waals surface area contributed by atoms with E-state index in [4.69, 9.17) is 23.2 Å². The second kappa shape index (κ2) is 9.43. The zero-order chi connectivity index (χ0) is 21.0. The third-order valence-electron chi connectivity index (χ3n) is 4.99. The van der Waals surface area contributed by atoms with Crippen molar-refractivity contribution in [3.8, 4) is 0 Å². The Labute approximate surface area is 179 Å². The standard InChI is InChI=1S/C20H21Cl2FN2O3S/c21-18-2-1-3-19(22)17(18)13-29(27,28)25-10-8-15(9-11-25)20(26)24-12-14-4-6-16(23)7-5-14/h1-7,15H,8-13H2,(H,24,26). The molecule has 1 saturated heterocycles. The van der Waals surface area contributed by atoms with Gasteiger partial charge < -0.3 is 5.32 Å². The fourth-order valence-electron chi connectivity index (χ4n) is 3.28. The van der Waals surface area contributed by atoms with Crippen molar-refractivity contribution in [2.24, 2.45) is 5.92 Å². The average molecular weight is 459 g/mol. The van der Waals surface area contributed by atoms with Crippen molar-refractivity contribution >= 4 is 39.1 Å². The molecule has 5 nitrogen and oxygen atoms in total. The number of hydrogen-bond acceptors (Lipinski definition) is 3. The average Bonchev–Trinajstić information content (AvgIpc) is 2.70. The molecule has 0 aromatic heterocycles. The van der Waals surface area contributed by atoms with Crippen LogP contribution in [0.3, 0.4) is 0 Å². The number of carbonyl (C=O) groups is 1. The first kappa shape index (κ1) is 22.0. The lowest BCUT2D eigenvalue weighted by Gasteiger charge is -2.30. The molecule has 0 radical (unpaired) electrons. The van der Waals surface area contributed by atoms with Crippen LogP contribution in [-0.4, -0.2) is 31.7 Å². The molecule has 0 atom stereocenters. The van der Waals surface area contributed by atoms with Gasteiger partial charge in [0.05, 0.1) is 5.75 Å². The van der Waals surface area contributed by atoms with Crippen LogP contribution in [0.4, 0.5) is 4.39 Å². The van der Waals surface area contributed by atoms with E-state index in [1.165, 1.54) is 16.4 Å². The fourth-order valence-corrected chi connectivity index (χ4v) is 5.59. The summed E-state index contributed by atoms with van der Waals surface area (Å²) in [6.07, 6.45) is 0.871. The molecule has 0 unspecified atom stereocenters. The smallest absolute Gasteiger partial charge is 0.223 e. The zero-order valence-corrected chi connectivity index (χ0v) is 17.9. The molecule has 2 aromatic carbocycles. The number of sulfonamides is 1. The Morgan fingerprint density at radius 2 is 1.66 bits per heavy atom. The molecule has 1 amide bonds. The Kier molecular flexibility index (Phi) is 7.16. The van der Waals surface area contributed by atoms with Crippen LogP contribution in [0.5, 0.6) is 0 Å². The molecule has 29 heavy (non-hydrogen) atoms. The van der Waals surface area contributed by atoms with Gasteiger partial charge in [0.2, 0.25) is 15.9 Å². The van der Waals surface area contributed by atoms with Gasteiger partial charge >= 0.3 is 0 Å². The number of nitrogens with one attached hydrogen (secondary N) is 1. The molecule has 2 aromatic rings. The number of rotatable bonds is 6. The van der Waals surface area contributed by atoms with Crippen molar-refractivity contribution in [3.63, 3.8) is 0 Å². The van der Waals surface area contributed by atoms with E-state index in [0.29, 0.717) is 35.0 Å². The molecule has 1 fully saturated rings. The van der Waals surface area contributed by atoms with Crippen LogP contribution in [0.25, 0.3) is 0 Å². The lowest BCUT2D eigenvalue weighted by atomic mass is 9.97. The number of halogens is 3. The summed E-state index contributed by atoms with van der Waals surface area (Å²) >= 11 is 12.2. The molecule has 1 aliphatic rings. The quantitative estimate of drug-likeness (QED) is 0.711. The van der Waals surface area contributed by atoms with Crippen molar-refractivity contribution in [1.29, 1.82) is 0 Å². The minimum atomic E-state index is -3.59. The van der Waals surface area contributed by atoms with Gasteiger partial charge in [0.1, 0.15) is 5.82 Å². The van der Waals surface area contributed by atoms with Gasteiger partial charge in [0, 0.05) is 41.2 Å². The molecule has 0 spiro atoms. The normalized spacial score (nSPS) is 16.0. The van der Waals surface area contributed by atoms with Gasteiger partial charge in [0.15, 0.2) is 0 Å². The van der Waals surface area contributed by atoms with E-state index in [-0.39, 0.29) is 36.5 Å². The van der Waals surface area contributed by atoms with Crippen LogP contribution < -0.4 is 5.32 Å². The topological polar surface area (TPSA) is 66.5 Å². The predicted octanol–water partition coefficient (Wildman–Crippen LogP) is 3.99. The van der Waals surface area contributed by atoms with Gasteiger partial charge in [-0.05, 0) is 42.7 Å². The Morgan fingerprint density at radius 3 is 2.24 bits per heavy atom. The maximum absolute atomic E-state index is 12.9. The minimum absolute atomic E-state index is 0.125. The molecule has 156 valence electrons. The van der Waals surface area contributed by atoms with E-state index in [1.807, 2.05) is 0 Å². The molecule has 9 heteroatoms. The summed E-state index contributed by atoms with van der Waals surface area (Å²) in [5, 5.41) is 3.46. The molecule has 0 saturated carbocycles. The zero-order valence-electron chi connectivity index (χ0n) is 15.6. The first-order chi connectivity index (χ1) is 13.8. The van der Waals surface area contributed by atoms with Gasteiger partial charge in [0.25, 0.3) is 0 Å². The monoisotopic (exact) mass is 458 g/mol. The number of piperidine rings is 1. The Hall–Kier alpha value is -1.67. The molecular weight excluding hydrogens is 438 g/mol. The van der Waals surface area contributed by atoms with Crippen molar-refractivity contribution in [3.05, 3.63) is 69.5 Å². The highest BCUT2D eigenvalue weighted by Gasteiger charge is 2.31. The highest BCUT2D eigenvalue weighted by Crippen LogP contribution is 2.29. The SMILES string of the molecule is O=C(NCc1ccc(F)cc1)C1CCN(S(=O)(=O)Cc2c(Cl)cccc2Cl)CC1. The van der Waals surface area contributed by atoms with E-state index in [2.05, 4.69) is 5.32 Å². The molecule has 1 N–H and O–H groups in total. The first-order valence-electron chi connectivity index (χ1n) is 9.19. The van der Waals surface area contributed by atoms with Crippen molar-refractivity contribution in [2.75, 3.05) is 13.1 Å². The lowest BCUT2D eigenvalue weighted by molar-refractivity contribution is -0.126. The maximum Gasteiger partial charge on any atom is 0.223 e. The summed E-state index contributed by atoms with van der Waals surface area (Å²) in [4.78, 5) is 12.4. The number of nitrogens with zero attached hydrogens (tertiary/aromatic N) is 1. The molecule has 0 aliphatic carbocycles. The molecule has 3 rings (SSSR count). The Morgan fingerprint density at radius 1 is 1.07 bits per heavy atom. The van der Waals surface area contributed by atoms with Crippen molar-refractivity contribution in [2.45, 2.75) is 25.1 Å². The summed E-state index contributed by atoms with van der Waals surface area (Å²) in [5.41, 5.74) is 1.19. The van der Waals surface area contributed by atoms with Crippen LogP contribution >= 0.6 is 23.2 Å². The van der Waals surface area contributed by atoms with Crippen LogP contribution in [0.1, 0.15) is 24.0 Å². The summed E-state index contributed by atoms with van der Waals surface area (Å²) in [6.45, 7) is 0.834. The third kappa shape index (κ3) is 5.69. The van der Waals surface area contributed by atoms with Gasteiger partial charge in [-0.3, -0.25) is 4.79 Å². The van der Waals surface area contributed by atoms with Crippen LogP contribution in [0.15, 0.2) is 42.5 Å². The number of hydrogen-bond donors (Lipinski definition) is 1. The first-order valence-corrected chi connectivity index (χ1v) is 11.6. The highest BCUT2D eigenvalue weighted by molar-refractivity contribution is 7.88. The van der Waals surface area contributed by atoms with Gasteiger partial charge in [-0.2, -0.15) is 0 Å². The number of carbonyl (C=O) groups excluding carboxylic acids is 1. The molecule has 1 aliphatic heterocycles. The van der Waals surface area contributed by atoms with E-state index in [0.717, 1.165) is 5.56 Å². The van der Waals surface area contributed by atoms with E-state index in [9.17, 15) is 17.6 Å². The Balaban J connectivity index is 1.53. The molecule has 0 bridgehead atoms. The minimum Gasteiger partial charge on any atom is -0.352 e. The van der Waals surface area contributed by atoms with Gasteiger partial charge in [-0.25, -0.2) is 17.1 Å². The summed E-state index contributed by atoms with van der Waals surface area (Å²) in [5.74, 6) is -0.981. The van der Waals surface area contributed by atoms with Crippen LogP contribution in [0, 0.1) is 11.7 Å². The highest BCUT2D eigenvalue weighted by atomic mass is 35.5. The van der Waals surface area contributed by atoms with Crippen molar-refractivity contribution < 1.29 is 17.6 Å². The number of benzene rings is 2.